The lowest BCUT2D eigenvalue weighted by Gasteiger charge is -2.23. The summed E-state index contributed by atoms with van der Waals surface area (Å²) in [6, 6.07) is 17.7. The van der Waals surface area contributed by atoms with Crippen molar-refractivity contribution in [3.8, 4) is 23.0 Å². The standard InChI is InChI=1S/C27H25BrN2O6/c1-33-23-10-8-19(13-26(23)35-3)22-14-21(18-5-4-6-20(28)12-18)29-30(22)27(32)16-36-24-9-7-17(15-31)11-25(24)34-2/h4-13,15,22H,14,16H2,1-3H3. The lowest BCUT2D eigenvalue weighted by Crippen LogP contribution is -2.31. The molecule has 0 radical (unpaired) electrons. The molecule has 0 aliphatic carbocycles. The van der Waals surface area contributed by atoms with Crippen molar-refractivity contribution in [1.82, 2.24) is 5.01 Å². The van der Waals surface area contributed by atoms with Gasteiger partial charge in [-0.15, -0.1) is 0 Å². The summed E-state index contributed by atoms with van der Waals surface area (Å²) in [5.41, 5.74) is 2.99. The van der Waals surface area contributed by atoms with E-state index in [4.69, 9.17) is 18.9 Å². The molecule has 8 nitrogen and oxygen atoms in total. The molecule has 0 saturated carbocycles. The Labute approximate surface area is 217 Å². The predicted molar refractivity (Wildman–Crippen MR) is 138 cm³/mol. The first kappa shape index (κ1) is 25.2. The van der Waals surface area contributed by atoms with Gasteiger partial charge >= 0.3 is 0 Å². The van der Waals surface area contributed by atoms with Crippen LogP contribution in [0.2, 0.25) is 0 Å². The van der Waals surface area contributed by atoms with Crippen LogP contribution in [-0.4, -0.2) is 50.9 Å². The monoisotopic (exact) mass is 552 g/mol. The van der Waals surface area contributed by atoms with E-state index in [1.807, 2.05) is 42.5 Å². The fraction of sp³-hybridized carbons (Fsp3) is 0.222. The van der Waals surface area contributed by atoms with Gasteiger partial charge in [-0.3, -0.25) is 9.59 Å². The third kappa shape index (κ3) is 5.36. The van der Waals surface area contributed by atoms with Gasteiger partial charge in [0.2, 0.25) is 0 Å². The van der Waals surface area contributed by atoms with Gasteiger partial charge < -0.3 is 18.9 Å². The van der Waals surface area contributed by atoms with Crippen LogP contribution in [0, 0.1) is 0 Å². The molecule has 9 heteroatoms. The average Bonchev–Trinajstić information content (AvgIpc) is 3.37. The summed E-state index contributed by atoms with van der Waals surface area (Å²) in [5, 5.41) is 6.14. The highest BCUT2D eigenvalue weighted by molar-refractivity contribution is 9.10. The van der Waals surface area contributed by atoms with Crippen molar-refractivity contribution < 1.29 is 28.5 Å². The Morgan fingerprint density at radius 2 is 1.69 bits per heavy atom. The number of ether oxygens (including phenoxy) is 4. The molecule has 0 fully saturated rings. The molecule has 36 heavy (non-hydrogen) atoms. The van der Waals surface area contributed by atoms with E-state index >= 15 is 0 Å². The Kier molecular flexibility index (Phi) is 7.90. The molecule has 186 valence electrons. The molecule has 0 N–H and O–H groups in total. The maximum absolute atomic E-state index is 13.4. The first-order chi connectivity index (χ1) is 17.5. The Bertz CT molecular complexity index is 1310. The van der Waals surface area contributed by atoms with Gasteiger partial charge in [0.1, 0.15) is 6.29 Å². The van der Waals surface area contributed by atoms with Crippen LogP contribution in [0.15, 0.2) is 70.2 Å². The van der Waals surface area contributed by atoms with E-state index in [0.717, 1.165) is 21.3 Å². The third-order valence-electron chi connectivity index (χ3n) is 5.79. The molecule has 0 spiro atoms. The van der Waals surface area contributed by atoms with E-state index in [0.29, 0.717) is 41.3 Å². The molecule has 1 amide bonds. The second-order valence-electron chi connectivity index (χ2n) is 7.95. The maximum Gasteiger partial charge on any atom is 0.281 e. The molecule has 1 unspecified atom stereocenters. The van der Waals surface area contributed by atoms with E-state index in [1.54, 1.807) is 32.4 Å². The van der Waals surface area contributed by atoms with Crippen molar-refractivity contribution in [2.45, 2.75) is 12.5 Å². The molecule has 3 aromatic carbocycles. The van der Waals surface area contributed by atoms with Crippen molar-refractivity contribution in [3.05, 3.63) is 81.8 Å². The minimum atomic E-state index is -0.366. The number of halogens is 1. The lowest BCUT2D eigenvalue weighted by atomic mass is 9.98. The van der Waals surface area contributed by atoms with E-state index in [-0.39, 0.29) is 18.6 Å². The highest BCUT2D eigenvalue weighted by Crippen LogP contribution is 2.38. The Morgan fingerprint density at radius 3 is 2.39 bits per heavy atom. The minimum absolute atomic E-state index is 0.268. The summed E-state index contributed by atoms with van der Waals surface area (Å²) >= 11 is 3.50. The van der Waals surface area contributed by atoms with E-state index in [2.05, 4.69) is 21.0 Å². The molecule has 0 bridgehead atoms. The number of hydrogen-bond donors (Lipinski definition) is 0. The summed E-state index contributed by atoms with van der Waals surface area (Å²) in [6.45, 7) is -0.268. The summed E-state index contributed by atoms with van der Waals surface area (Å²) in [4.78, 5) is 24.4. The molecule has 3 aromatic rings. The maximum atomic E-state index is 13.4. The fourth-order valence-corrected chi connectivity index (χ4v) is 4.38. The highest BCUT2D eigenvalue weighted by Gasteiger charge is 2.34. The molecule has 1 aliphatic heterocycles. The van der Waals surface area contributed by atoms with E-state index < -0.39 is 0 Å². The van der Waals surface area contributed by atoms with Crippen molar-refractivity contribution >= 4 is 33.8 Å². The van der Waals surface area contributed by atoms with Crippen LogP contribution in [0.5, 0.6) is 23.0 Å². The fourth-order valence-electron chi connectivity index (χ4n) is 3.98. The van der Waals surface area contributed by atoms with Gasteiger partial charge in [-0.25, -0.2) is 5.01 Å². The third-order valence-corrected chi connectivity index (χ3v) is 6.28. The Hall–Kier alpha value is -3.85. The summed E-state index contributed by atoms with van der Waals surface area (Å²) in [6.07, 6.45) is 1.22. The van der Waals surface area contributed by atoms with Crippen molar-refractivity contribution in [2.75, 3.05) is 27.9 Å². The first-order valence-electron chi connectivity index (χ1n) is 11.1. The number of aldehydes is 1. The Balaban J connectivity index is 1.63. The number of benzene rings is 3. The largest absolute Gasteiger partial charge is 0.493 e. The zero-order valence-corrected chi connectivity index (χ0v) is 21.7. The number of rotatable bonds is 9. The molecule has 0 saturated heterocycles. The van der Waals surface area contributed by atoms with Crippen LogP contribution >= 0.6 is 15.9 Å². The van der Waals surface area contributed by atoms with Crippen molar-refractivity contribution in [2.24, 2.45) is 5.10 Å². The van der Waals surface area contributed by atoms with Gasteiger partial charge in [0, 0.05) is 16.5 Å². The van der Waals surface area contributed by atoms with Gasteiger partial charge in [-0.1, -0.05) is 34.1 Å². The zero-order valence-electron chi connectivity index (χ0n) is 20.1. The smallest absolute Gasteiger partial charge is 0.281 e. The average molecular weight is 553 g/mol. The SMILES string of the molecule is COc1ccc(C2CC(c3cccc(Br)c3)=NN2C(=O)COc2ccc(C=O)cc2OC)cc1OC. The van der Waals surface area contributed by atoms with Crippen LogP contribution < -0.4 is 18.9 Å². The zero-order chi connectivity index (χ0) is 25.7. The topological polar surface area (TPSA) is 86.7 Å². The normalized spacial score (nSPS) is 14.7. The van der Waals surface area contributed by atoms with Gasteiger partial charge in [0.15, 0.2) is 29.6 Å². The van der Waals surface area contributed by atoms with E-state index in [1.165, 1.54) is 12.1 Å². The van der Waals surface area contributed by atoms with Crippen LogP contribution in [0.1, 0.15) is 33.9 Å². The highest BCUT2D eigenvalue weighted by atomic mass is 79.9. The summed E-state index contributed by atoms with van der Waals surface area (Å²) in [7, 11) is 4.62. The molecule has 1 atom stereocenters. The van der Waals surface area contributed by atoms with Crippen LogP contribution in [0.3, 0.4) is 0 Å². The first-order valence-corrected chi connectivity index (χ1v) is 11.9. The van der Waals surface area contributed by atoms with Gasteiger partial charge in [-0.05, 0) is 53.6 Å². The van der Waals surface area contributed by atoms with Gasteiger partial charge in [0.05, 0.1) is 33.1 Å². The molecule has 1 aliphatic rings. The predicted octanol–water partition coefficient (Wildman–Crippen LogP) is 5.04. The van der Waals surface area contributed by atoms with Crippen molar-refractivity contribution in [3.63, 3.8) is 0 Å². The van der Waals surface area contributed by atoms with Crippen LogP contribution in [0.25, 0.3) is 0 Å². The second-order valence-corrected chi connectivity index (χ2v) is 8.86. The van der Waals surface area contributed by atoms with Gasteiger partial charge in [0.25, 0.3) is 5.91 Å². The van der Waals surface area contributed by atoms with Gasteiger partial charge in [-0.2, -0.15) is 5.10 Å². The second kappa shape index (κ2) is 11.3. The minimum Gasteiger partial charge on any atom is -0.493 e. The number of nitrogens with zero attached hydrogens (tertiary/aromatic N) is 2. The van der Waals surface area contributed by atoms with Crippen molar-refractivity contribution in [1.29, 1.82) is 0 Å². The number of amides is 1. The molecular formula is C27H25BrN2O6. The summed E-state index contributed by atoms with van der Waals surface area (Å²) in [5.74, 6) is 1.55. The van der Waals surface area contributed by atoms with E-state index in [9.17, 15) is 9.59 Å². The number of hydrogen-bond acceptors (Lipinski definition) is 7. The molecule has 4 rings (SSSR count). The molecule has 1 heterocycles. The van der Waals surface area contributed by atoms with Crippen LogP contribution in [-0.2, 0) is 4.79 Å². The quantitative estimate of drug-likeness (QED) is 0.345. The lowest BCUT2D eigenvalue weighted by molar-refractivity contribution is -0.135. The molecular weight excluding hydrogens is 528 g/mol. The molecule has 0 aromatic heterocycles. The summed E-state index contributed by atoms with van der Waals surface area (Å²) < 4.78 is 22.8. The number of carbonyl (C=O) groups excluding carboxylic acids is 2. The number of hydrazone groups is 1. The Morgan fingerprint density at radius 1 is 0.972 bits per heavy atom. The number of carbonyl (C=O) groups is 2. The number of methoxy groups -OCH3 is 3. The van der Waals surface area contributed by atoms with Crippen LogP contribution in [0.4, 0.5) is 0 Å².